The molecule has 0 saturated carbocycles. The van der Waals surface area contributed by atoms with E-state index < -0.39 is 5.97 Å². The van der Waals surface area contributed by atoms with E-state index in [1.807, 2.05) is 24.3 Å². The molecule has 6 heteroatoms. The van der Waals surface area contributed by atoms with Crippen LogP contribution in [0.1, 0.15) is 31.3 Å². The zero-order valence-corrected chi connectivity index (χ0v) is 12.4. The second-order valence-electron chi connectivity index (χ2n) is 4.94. The molecule has 2 rings (SSSR count). The summed E-state index contributed by atoms with van der Waals surface area (Å²) >= 11 is 0. The van der Waals surface area contributed by atoms with Gasteiger partial charge in [0.2, 0.25) is 0 Å². The molecule has 0 amide bonds. The number of ether oxygens (including phenoxy) is 2. The first-order valence-electron chi connectivity index (χ1n) is 6.93. The highest BCUT2D eigenvalue weighted by Gasteiger charge is 2.21. The van der Waals surface area contributed by atoms with Crippen LogP contribution < -0.4 is 4.74 Å². The summed E-state index contributed by atoms with van der Waals surface area (Å²) in [6.07, 6.45) is 0. The zero-order valence-electron chi connectivity index (χ0n) is 12.4. The molecule has 0 aliphatic heterocycles. The van der Waals surface area contributed by atoms with Crippen molar-refractivity contribution in [1.82, 2.24) is 15.4 Å². The van der Waals surface area contributed by atoms with Crippen LogP contribution in [-0.4, -0.2) is 34.6 Å². The Bertz CT molecular complexity index is 608. The number of para-hydroxylation sites is 1. The monoisotopic (exact) mass is 289 g/mol. The number of aromatic amines is 1. The molecule has 0 aliphatic carbocycles. The minimum absolute atomic E-state index is 0.164. The van der Waals surface area contributed by atoms with Crippen molar-refractivity contribution in [3.63, 3.8) is 0 Å². The van der Waals surface area contributed by atoms with Gasteiger partial charge in [0.1, 0.15) is 11.4 Å². The Labute approximate surface area is 123 Å². The molecule has 1 aromatic carbocycles. The van der Waals surface area contributed by atoms with E-state index in [4.69, 9.17) is 9.47 Å². The highest BCUT2D eigenvalue weighted by atomic mass is 16.5. The number of aromatic nitrogens is 3. The maximum absolute atomic E-state index is 11.9. The predicted octanol–water partition coefficient (Wildman–Crippen LogP) is 2.68. The molecule has 0 spiro atoms. The van der Waals surface area contributed by atoms with Crippen LogP contribution >= 0.6 is 0 Å². The molecule has 0 aliphatic rings. The first-order chi connectivity index (χ1) is 10.1. The van der Waals surface area contributed by atoms with E-state index in [0.29, 0.717) is 24.0 Å². The summed E-state index contributed by atoms with van der Waals surface area (Å²) in [5.74, 6) is 0.574. The number of nitrogens with one attached hydrogen (secondary N) is 1. The average molecular weight is 289 g/mol. The molecule has 1 N–H and O–H groups in total. The molecule has 0 unspecified atom stereocenters. The second-order valence-corrected chi connectivity index (χ2v) is 4.94. The third kappa shape index (κ3) is 3.59. The molecule has 1 heterocycles. The van der Waals surface area contributed by atoms with Crippen LogP contribution in [0.15, 0.2) is 24.3 Å². The number of hydrogen-bond donors (Lipinski definition) is 1. The number of H-pyrrole nitrogens is 1. The quantitative estimate of drug-likeness (QED) is 0.827. The van der Waals surface area contributed by atoms with Gasteiger partial charge in [0.15, 0.2) is 5.69 Å². The number of carbonyl (C=O) groups excluding carboxylic acids is 1. The lowest BCUT2D eigenvalue weighted by molar-refractivity contribution is 0.0520. The van der Waals surface area contributed by atoms with Crippen molar-refractivity contribution >= 4 is 5.97 Å². The van der Waals surface area contributed by atoms with Crippen molar-refractivity contribution in [2.45, 2.75) is 20.8 Å². The Morgan fingerprint density at radius 1 is 1.29 bits per heavy atom. The Kier molecular flexibility index (Phi) is 4.92. The molecular formula is C15H19N3O3. The van der Waals surface area contributed by atoms with Gasteiger partial charge in [-0.25, -0.2) is 4.79 Å². The summed E-state index contributed by atoms with van der Waals surface area (Å²) < 4.78 is 10.8. The fourth-order valence-corrected chi connectivity index (χ4v) is 1.81. The first-order valence-corrected chi connectivity index (χ1v) is 6.93. The van der Waals surface area contributed by atoms with Crippen LogP contribution in [-0.2, 0) is 4.74 Å². The highest BCUT2D eigenvalue weighted by Crippen LogP contribution is 2.30. The van der Waals surface area contributed by atoms with Crippen LogP contribution in [0, 0.1) is 5.92 Å². The number of benzene rings is 1. The van der Waals surface area contributed by atoms with Gasteiger partial charge in [-0.3, -0.25) is 0 Å². The smallest absolute Gasteiger partial charge is 0.361 e. The SMILES string of the molecule is CCOC(=O)c1n[nH]nc1-c1ccccc1OCC(C)C. The van der Waals surface area contributed by atoms with E-state index in [9.17, 15) is 4.79 Å². The second kappa shape index (κ2) is 6.88. The molecular weight excluding hydrogens is 270 g/mol. The molecule has 21 heavy (non-hydrogen) atoms. The number of nitrogens with zero attached hydrogens (tertiary/aromatic N) is 2. The van der Waals surface area contributed by atoms with Gasteiger partial charge in [0, 0.05) is 5.56 Å². The number of carbonyl (C=O) groups is 1. The van der Waals surface area contributed by atoms with E-state index in [1.54, 1.807) is 6.92 Å². The molecule has 112 valence electrons. The molecule has 0 atom stereocenters. The van der Waals surface area contributed by atoms with Gasteiger partial charge in [0.05, 0.1) is 13.2 Å². The normalized spacial score (nSPS) is 10.7. The van der Waals surface area contributed by atoms with Gasteiger partial charge in [-0.2, -0.15) is 10.3 Å². The minimum atomic E-state index is -0.500. The summed E-state index contributed by atoms with van der Waals surface area (Å²) in [4.78, 5) is 11.9. The lowest BCUT2D eigenvalue weighted by atomic mass is 10.1. The van der Waals surface area contributed by atoms with Crippen molar-refractivity contribution in [3.05, 3.63) is 30.0 Å². The van der Waals surface area contributed by atoms with Crippen molar-refractivity contribution in [3.8, 4) is 17.0 Å². The minimum Gasteiger partial charge on any atom is -0.493 e. The Hall–Kier alpha value is -2.37. The topological polar surface area (TPSA) is 77.1 Å². The van der Waals surface area contributed by atoms with Gasteiger partial charge in [-0.1, -0.05) is 26.0 Å². The lowest BCUT2D eigenvalue weighted by Crippen LogP contribution is -2.08. The third-order valence-electron chi connectivity index (χ3n) is 2.73. The molecule has 0 saturated heterocycles. The summed E-state index contributed by atoms with van der Waals surface area (Å²) in [6, 6.07) is 7.43. The number of rotatable bonds is 6. The maximum atomic E-state index is 11.9. The fraction of sp³-hybridized carbons (Fsp3) is 0.400. The van der Waals surface area contributed by atoms with Crippen LogP contribution in [0.5, 0.6) is 5.75 Å². The zero-order chi connectivity index (χ0) is 15.2. The van der Waals surface area contributed by atoms with Gasteiger partial charge in [-0.05, 0) is 25.0 Å². The van der Waals surface area contributed by atoms with Crippen molar-refractivity contribution < 1.29 is 14.3 Å². The lowest BCUT2D eigenvalue weighted by Gasteiger charge is -2.12. The fourth-order valence-electron chi connectivity index (χ4n) is 1.81. The van der Waals surface area contributed by atoms with Gasteiger partial charge >= 0.3 is 5.97 Å². The van der Waals surface area contributed by atoms with Crippen molar-refractivity contribution in [2.75, 3.05) is 13.2 Å². The largest absolute Gasteiger partial charge is 0.493 e. The molecule has 0 fully saturated rings. The Morgan fingerprint density at radius 2 is 2.05 bits per heavy atom. The van der Waals surface area contributed by atoms with Crippen LogP contribution in [0.2, 0.25) is 0 Å². The molecule has 6 nitrogen and oxygen atoms in total. The predicted molar refractivity (Wildman–Crippen MR) is 78.1 cm³/mol. The average Bonchev–Trinajstić information content (AvgIpc) is 2.95. The van der Waals surface area contributed by atoms with Crippen molar-refractivity contribution in [2.24, 2.45) is 5.92 Å². The van der Waals surface area contributed by atoms with Crippen LogP contribution in [0.3, 0.4) is 0 Å². The Balaban J connectivity index is 2.34. The van der Waals surface area contributed by atoms with E-state index in [-0.39, 0.29) is 12.3 Å². The molecule has 2 aromatic rings. The highest BCUT2D eigenvalue weighted by molar-refractivity contribution is 5.94. The standard InChI is InChI=1S/C15H19N3O3/c1-4-20-15(19)14-13(16-18-17-14)11-7-5-6-8-12(11)21-9-10(2)3/h5-8,10H,4,9H2,1-3H3,(H,16,17,18). The van der Waals surface area contributed by atoms with Crippen LogP contribution in [0.4, 0.5) is 0 Å². The van der Waals surface area contributed by atoms with E-state index >= 15 is 0 Å². The van der Waals surface area contributed by atoms with E-state index in [0.717, 1.165) is 5.56 Å². The third-order valence-corrected chi connectivity index (χ3v) is 2.73. The summed E-state index contributed by atoms with van der Waals surface area (Å²) in [7, 11) is 0. The molecule has 0 radical (unpaired) electrons. The van der Waals surface area contributed by atoms with Gasteiger partial charge in [-0.15, -0.1) is 5.10 Å². The molecule has 0 bridgehead atoms. The summed E-state index contributed by atoms with van der Waals surface area (Å²) in [5.41, 5.74) is 1.32. The van der Waals surface area contributed by atoms with Gasteiger partial charge in [0.25, 0.3) is 0 Å². The van der Waals surface area contributed by atoms with E-state index in [2.05, 4.69) is 29.3 Å². The number of esters is 1. The number of hydrogen-bond acceptors (Lipinski definition) is 5. The van der Waals surface area contributed by atoms with Crippen molar-refractivity contribution in [1.29, 1.82) is 0 Å². The molecule has 1 aromatic heterocycles. The van der Waals surface area contributed by atoms with Crippen LogP contribution in [0.25, 0.3) is 11.3 Å². The Morgan fingerprint density at radius 3 is 2.76 bits per heavy atom. The maximum Gasteiger partial charge on any atom is 0.361 e. The first kappa shape index (κ1) is 15.0. The summed E-state index contributed by atoms with van der Waals surface area (Å²) in [5, 5.41) is 10.4. The van der Waals surface area contributed by atoms with Gasteiger partial charge < -0.3 is 9.47 Å². The van der Waals surface area contributed by atoms with E-state index in [1.165, 1.54) is 0 Å². The summed E-state index contributed by atoms with van der Waals surface area (Å²) in [6.45, 7) is 6.77.